The van der Waals surface area contributed by atoms with E-state index in [4.69, 9.17) is 13.9 Å². The van der Waals surface area contributed by atoms with Crippen LogP contribution in [0.15, 0.2) is 0 Å². The van der Waals surface area contributed by atoms with E-state index in [0.29, 0.717) is 13.2 Å². The fourth-order valence-corrected chi connectivity index (χ4v) is 2.40. The van der Waals surface area contributed by atoms with Crippen molar-refractivity contribution in [3.8, 4) is 0 Å². The Bertz CT molecular complexity index is 243. The third-order valence-electron chi connectivity index (χ3n) is 3.50. The monoisotopic (exact) mass is 246 g/mol. The summed E-state index contributed by atoms with van der Waals surface area (Å²) in [6.07, 6.45) is 0.0872. The molecule has 96 valence electrons. The van der Waals surface area contributed by atoms with Gasteiger partial charge in [-0.25, -0.2) is 0 Å². The van der Waals surface area contributed by atoms with Gasteiger partial charge in [-0.2, -0.15) is 0 Å². The number of hydrogen-bond donors (Lipinski definition) is 0. The molecule has 0 aromatic rings. The molecular formula is C12H26O3Si. The second-order valence-corrected chi connectivity index (χ2v) is 11.3. The Kier molecular flexibility index (Phi) is 3.90. The van der Waals surface area contributed by atoms with Crippen LogP contribution >= 0.6 is 0 Å². The van der Waals surface area contributed by atoms with Gasteiger partial charge in [-0.3, -0.25) is 0 Å². The zero-order valence-corrected chi connectivity index (χ0v) is 12.7. The number of hydrogen-bond acceptors (Lipinski definition) is 3. The van der Waals surface area contributed by atoms with Crippen molar-refractivity contribution in [1.29, 1.82) is 0 Å². The second kappa shape index (κ2) is 4.41. The van der Waals surface area contributed by atoms with E-state index in [2.05, 4.69) is 33.9 Å². The first-order chi connectivity index (χ1) is 7.04. The molecule has 4 heteroatoms. The van der Waals surface area contributed by atoms with E-state index in [0.717, 1.165) is 0 Å². The first kappa shape index (κ1) is 14.2. The molecule has 1 rings (SSSR count). The van der Waals surface area contributed by atoms with E-state index in [1.165, 1.54) is 0 Å². The van der Waals surface area contributed by atoms with Gasteiger partial charge in [-0.15, -0.1) is 0 Å². The van der Waals surface area contributed by atoms with Crippen LogP contribution in [0, 0.1) is 0 Å². The molecule has 16 heavy (non-hydrogen) atoms. The molecule has 0 aromatic carbocycles. The Balaban J connectivity index is 2.42. The maximum absolute atomic E-state index is 6.11. The molecule has 0 saturated carbocycles. The Morgan fingerprint density at radius 2 is 1.88 bits per heavy atom. The highest BCUT2D eigenvalue weighted by atomic mass is 28.4. The normalized spacial score (nSPS) is 26.1. The molecule has 1 unspecified atom stereocenters. The molecule has 1 atom stereocenters. The topological polar surface area (TPSA) is 27.7 Å². The van der Waals surface area contributed by atoms with Gasteiger partial charge in [0.05, 0.1) is 13.2 Å². The highest BCUT2D eigenvalue weighted by Crippen LogP contribution is 2.37. The van der Waals surface area contributed by atoms with Gasteiger partial charge in [0.2, 0.25) is 0 Å². The third-order valence-corrected chi connectivity index (χ3v) is 8.00. The van der Waals surface area contributed by atoms with Gasteiger partial charge in [0.1, 0.15) is 6.10 Å². The first-order valence-corrected chi connectivity index (χ1v) is 8.90. The van der Waals surface area contributed by atoms with Gasteiger partial charge in [-0.05, 0) is 32.0 Å². The second-order valence-electron chi connectivity index (χ2n) is 6.52. The lowest BCUT2D eigenvalue weighted by molar-refractivity contribution is -0.141. The standard InChI is InChI=1S/C12H26O3Si/c1-11(2,3)16(6,7)14-9-10-8-13-12(4,5)15-10/h10H,8-9H2,1-7H3. The van der Waals surface area contributed by atoms with Crippen molar-refractivity contribution in [2.24, 2.45) is 0 Å². The Hall–Kier alpha value is 0.0969. The fraction of sp³-hybridized carbons (Fsp3) is 1.00. The Morgan fingerprint density at radius 3 is 2.25 bits per heavy atom. The lowest BCUT2D eigenvalue weighted by Crippen LogP contribution is -2.43. The van der Waals surface area contributed by atoms with Crippen LogP contribution in [0.4, 0.5) is 0 Å². The third kappa shape index (κ3) is 3.55. The van der Waals surface area contributed by atoms with Crippen molar-refractivity contribution in [1.82, 2.24) is 0 Å². The zero-order valence-electron chi connectivity index (χ0n) is 11.7. The summed E-state index contributed by atoms with van der Waals surface area (Å²) in [4.78, 5) is 0. The van der Waals surface area contributed by atoms with Crippen LogP contribution in [0.1, 0.15) is 34.6 Å². The predicted octanol–water partition coefficient (Wildman–Crippen LogP) is 3.16. The average Bonchev–Trinajstić information content (AvgIpc) is 2.40. The summed E-state index contributed by atoms with van der Waals surface area (Å²) < 4.78 is 17.4. The minimum atomic E-state index is -1.65. The smallest absolute Gasteiger partial charge is 0.192 e. The van der Waals surface area contributed by atoms with Gasteiger partial charge in [0.15, 0.2) is 14.1 Å². The molecule has 0 aromatic heterocycles. The molecular weight excluding hydrogens is 220 g/mol. The lowest BCUT2D eigenvalue weighted by Gasteiger charge is -2.36. The van der Waals surface area contributed by atoms with Crippen LogP contribution < -0.4 is 0 Å². The zero-order chi connectivity index (χ0) is 12.6. The largest absolute Gasteiger partial charge is 0.414 e. The average molecular weight is 246 g/mol. The van der Waals surface area contributed by atoms with E-state index in [1.54, 1.807) is 0 Å². The molecule has 0 N–H and O–H groups in total. The van der Waals surface area contributed by atoms with Crippen LogP contribution in [-0.4, -0.2) is 33.4 Å². The van der Waals surface area contributed by atoms with Crippen molar-refractivity contribution in [3.05, 3.63) is 0 Å². The van der Waals surface area contributed by atoms with Gasteiger partial charge >= 0.3 is 0 Å². The molecule has 0 spiro atoms. The highest BCUT2D eigenvalue weighted by molar-refractivity contribution is 6.74. The van der Waals surface area contributed by atoms with Gasteiger partial charge in [0.25, 0.3) is 0 Å². The summed E-state index contributed by atoms with van der Waals surface area (Å²) in [5.74, 6) is -0.443. The van der Waals surface area contributed by atoms with Crippen LogP contribution in [0.25, 0.3) is 0 Å². The SMILES string of the molecule is CC1(C)OCC(CO[Si](C)(C)C(C)(C)C)O1. The quantitative estimate of drug-likeness (QED) is 0.716. The van der Waals surface area contributed by atoms with Crippen LogP contribution in [0.2, 0.25) is 18.1 Å². The molecule has 3 nitrogen and oxygen atoms in total. The van der Waals surface area contributed by atoms with Gasteiger partial charge in [0, 0.05) is 0 Å². The maximum atomic E-state index is 6.11. The van der Waals surface area contributed by atoms with Crippen molar-refractivity contribution >= 4 is 8.32 Å². The minimum Gasteiger partial charge on any atom is -0.414 e. The molecule has 1 fully saturated rings. The van der Waals surface area contributed by atoms with E-state index >= 15 is 0 Å². The van der Waals surface area contributed by atoms with Crippen LogP contribution in [0.3, 0.4) is 0 Å². The van der Waals surface area contributed by atoms with Gasteiger partial charge in [-0.1, -0.05) is 20.8 Å². The summed E-state index contributed by atoms with van der Waals surface area (Å²) in [6, 6.07) is 0. The Morgan fingerprint density at radius 1 is 1.31 bits per heavy atom. The van der Waals surface area contributed by atoms with Crippen LogP contribution in [-0.2, 0) is 13.9 Å². The molecule has 0 bridgehead atoms. The number of ether oxygens (including phenoxy) is 2. The minimum absolute atomic E-state index is 0.0872. The molecule has 1 saturated heterocycles. The van der Waals surface area contributed by atoms with E-state index in [1.807, 2.05) is 13.8 Å². The summed E-state index contributed by atoms with van der Waals surface area (Å²) in [6.45, 7) is 16.4. The Labute approximate surface area is 101 Å². The first-order valence-electron chi connectivity index (χ1n) is 5.99. The van der Waals surface area contributed by atoms with Crippen LogP contribution in [0.5, 0.6) is 0 Å². The number of rotatable bonds is 3. The fourth-order valence-electron chi connectivity index (χ4n) is 1.36. The molecule has 0 aliphatic carbocycles. The summed E-state index contributed by atoms with van der Waals surface area (Å²) in [5, 5.41) is 0.252. The summed E-state index contributed by atoms with van der Waals surface area (Å²) in [5.41, 5.74) is 0. The van der Waals surface area contributed by atoms with E-state index < -0.39 is 14.1 Å². The van der Waals surface area contributed by atoms with Crippen molar-refractivity contribution in [3.63, 3.8) is 0 Å². The van der Waals surface area contributed by atoms with E-state index in [9.17, 15) is 0 Å². The molecule has 0 amide bonds. The predicted molar refractivity (Wildman–Crippen MR) is 68.1 cm³/mol. The summed E-state index contributed by atoms with van der Waals surface area (Å²) >= 11 is 0. The van der Waals surface area contributed by atoms with E-state index in [-0.39, 0.29) is 11.1 Å². The molecule has 1 aliphatic rings. The van der Waals surface area contributed by atoms with Gasteiger partial charge < -0.3 is 13.9 Å². The molecule has 0 radical (unpaired) electrons. The highest BCUT2D eigenvalue weighted by Gasteiger charge is 2.39. The van der Waals surface area contributed by atoms with Crippen molar-refractivity contribution in [2.75, 3.05) is 13.2 Å². The van der Waals surface area contributed by atoms with Crippen molar-refractivity contribution < 1.29 is 13.9 Å². The maximum Gasteiger partial charge on any atom is 0.192 e. The molecule has 1 aliphatic heterocycles. The summed E-state index contributed by atoms with van der Waals surface area (Å²) in [7, 11) is -1.65. The van der Waals surface area contributed by atoms with Crippen molar-refractivity contribution in [2.45, 2.75) is 64.6 Å². The lowest BCUT2D eigenvalue weighted by atomic mass is 10.2. The molecule has 1 heterocycles.